The Morgan fingerprint density at radius 1 is 1.22 bits per heavy atom. The van der Waals surface area contributed by atoms with E-state index in [9.17, 15) is 14.0 Å². The van der Waals surface area contributed by atoms with Crippen molar-refractivity contribution in [2.24, 2.45) is 4.99 Å². The summed E-state index contributed by atoms with van der Waals surface area (Å²) in [7, 11) is 1.44. The molecular formula is C20H16FNO5. The second kappa shape index (κ2) is 7.82. The van der Waals surface area contributed by atoms with E-state index >= 15 is 0 Å². The number of cyclic esters (lactones) is 1. The van der Waals surface area contributed by atoms with E-state index in [2.05, 4.69) is 4.99 Å². The number of methoxy groups -OCH3 is 1. The number of nitrogens with zero attached hydrogens (tertiary/aromatic N) is 1. The predicted molar refractivity (Wildman–Crippen MR) is 95.9 cm³/mol. The summed E-state index contributed by atoms with van der Waals surface area (Å²) in [5.74, 6) is -1.10. The molecule has 0 bridgehead atoms. The second-order valence-corrected chi connectivity index (χ2v) is 5.55. The lowest BCUT2D eigenvalue weighted by Crippen LogP contribution is -2.07. The van der Waals surface area contributed by atoms with Gasteiger partial charge in [0.1, 0.15) is 5.82 Å². The highest BCUT2D eigenvalue weighted by molar-refractivity contribution is 6.12. The molecule has 7 heteroatoms. The number of hydrogen-bond acceptors (Lipinski definition) is 6. The zero-order valence-corrected chi connectivity index (χ0v) is 14.7. The van der Waals surface area contributed by atoms with Gasteiger partial charge in [-0.3, -0.25) is 4.79 Å². The molecule has 0 aromatic heterocycles. The molecule has 0 unspecified atom stereocenters. The summed E-state index contributed by atoms with van der Waals surface area (Å²) in [6, 6.07) is 10.7. The van der Waals surface area contributed by atoms with E-state index in [0.29, 0.717) is 11.3 Å². The topological polar surface area (TPSA) is 74.2 Å². The van der Waals surface area contributed by atoms with Crippen LogP contribution >= 0.6 is 0 Å². The normalized spacial score (nSPS) is 14.7. The van der Waals surface area contributed by atoms with E-state index < -0.39 is 17.8 Å². The number of aliphatic imine (C=N–C) groups is 1. The Bertz CT molecular complexity index is 965. The van der Waals surface area contributed by atoms with Crippen LogP contribution in [0, 0.1) is 5.82 Å². The van der Waals surface area contributed by atoms with E-state index in [1.54, 1.807) is 31.2 Å². The minimum Gasteiger partial charge on any atom is -0.493 e. The van der Waals surface area contributed by atoms with Crippen LogP contribution in [0.25, 0.3) is 6.08 Å². The second-order valence-electron chi connectivity index (χ2n) is 5.55. The molecule has 6 nitrogen and oxygen atoms in total. The van der Waals surface area contributed by atoms with Gasteiger partial charge in [0, 0.05) is 6.42 Å². The minimum atomic E-state index is -0.686. The number of halogens is 1. The van der Waals surface area contributed by atoms with E-state index in [1.165, 1.54) is 31.4 Å². The van der Waals surface area contributed by atoms with Gasteiger partial charge in [-0.2, -0.15) is 0 Å². The highest BCUT2D eigenvalue weighted by atomic mass is 19.1. The number of carbonyl (C=O) groups excluding carboxylic acids is 2. The Hall–Kier alpha value is -3.48. The summed E-state index contributed by atoms with van der Waals surface area (Å²) in [5.41, 5.74) is 0.705. The number of benzene rings is 2. The molecule has 0 fully saturated rings. The Balaban J connectivity index is 1.91. The first-order valence-electron chi connectivity index (χ1n) is 8.18. The van der Waals surface area contributed by atoms with Gasteiger partial charge in [-0.15, -0.1) is 0 Å². The largest absolute Gasteiger partial charge is 0.493 e. The van der Waals surface area contributed by atoms with Gasteiger partial charge in [0.2, 0.25) is 5.90 Å². The maximum Gasteiger partial charge on any atom is 0.363 e. The molecule has 0 saturated heterocycles. The van der Waals surface area contributed by atoms with Crippen molar-refractivity contribution in [3.05, 3.63) is 65.1 Å². The number of esters is 2. The third kappa shape index (κ3) is 4.03. The first-order chi connectivity index (χ1) is 13.0. The monoisotopic (exact) mass is 369 g/mol. The van der Waals surface area contributed by atoms with Crippen LogP contribution in [0.2, 0.25) is 0 Å². The number of ether oxygens (including phenoxy) is 3. The molecule has 0 N–H and O–H groups in total. The summed E-state index contributed by atoms with van der Waals surface area (Å²) < 4.78 is 29.3. The molecule has 1 heterocycles. The van der Waals surface area contributed by atoms with Crippen LogP contribution in [0.15, 0.2) is 53.2 Å². The highest BCUT2D eigenvalue weighted by Crippen LogP contribution is 2.30. The summed E-state index contributed by atoms with van der Waals surface area (Å²) >= 11 is 0. The molecule has 27 heavy (non-hydrogen) atoms. The lowest BCUT2D eigenvalue weighted by atomic mass is 10.1. The van der Waals surface area contributed by atoms with Crippen molar-refractivity contribution in [2.45, 2.75) is 13.3 Å². The molecule has 3 rings (SSSR count). The van der Waals surface area contributed by atoms with Crippen LogP contribution in [-0.2, 0) is 14.3 Å². The van der Waals surface area contributed by atoms with Crippen LogP contribution in [-0.4, -0.2) is 24.9 Å². The zero-order valence-electron chi connectivity index (χ0n) is 14.7. The molecule has 2 aromatic carbocycles. The molecule has 0 radical (unpaired) electrons. The van der Waals surface area contributed by atoms with Crippen molar-refractivity contribution in [2.75, 3.05) is 7.11 Å². The predicted octanol–water partition coefficient (Wildman–Crippen LogP) is 3.49. The summed E-state index contributed by atoms with van der Waals surface area (Å²) in [6.45, 7) is 1.68. The fraction of sp³-hybridized carbons (Fsp3) is 0.150. The molecule has 0 amide bonds. The van der Waals surface area contributed by atoms with Crippen LogP contribution in [0.1, 0.15) is 24.5 Å². The van der Waals surface area contributed by atoms with Gasteiger partial charge < -0.3 is 14.2 Å². The molecule has 0 aliphatic carbocycles. The average molecular weight is 369 g/mol. The zero-order chi connectivity index (χ0) is 19.4. The van der Waals surface area contributed by atoms with Gasteiger partial charge in [-0.05, 0) is 35.9 Å². The van der Waals surface area contributed by atoms with E-state index in [1.807, 2.05) is 0 Å². The van der Waals surface area contributed by atoms with Crippen molar-refractivity contribution in [3.8, 4) is 11.5 Å². The molecule has 0 atom stereocenters. The number of hydrogen-bond donors (Lipinski definition) is 0. The van der Waals surface area contributed by atoms with Gasteiger partial charge in [0.15, 0.2) is 17.2 Å². The Kier molecular flexibility index (Phi) is 5.30. The van der Waals surface area contributed by atoms with Gasteiger partial charge in [0.05, 0.1) is 12.7 Å². The Morgan fingerprint density at radius 2 is 2.00 bits per heavy atom. The van der Waals surface area contributed by atoms with Gasteiger partial charge in [-0.25, -0.2) is 14.2 Å². The van der Waals surface area contributed by atoms with Crippen LogP contribution in [0.4, 0.5) is 4.39 Å². The molecule has 2 aromatic rings. The molecule has 0 saturated carbocycles. The maximum absolute atomic E-state index is 13.8. The van der Waals surface area contributed by atoms with Crippen molar-refractivity contribution < 1.29 is 28.2 Å². The molecule has 0 spiro atoms. The van der Waals surface area contributed by atoms with Crippen LogP contribution in [0.3, 0.4) is 0 Å². The number of rotatable bonds is 5. The minimum absolute atomic E-state index is 0.0219. The van der Waals surface area contributed by atoms with Gasteiger partial charge in [-0.1, -0.05) is 25.1 Å². The lowest BCUT2D eigenvalue weighted by molar-refractivity contribution is -0.134. The van der Waals surface area contributed by atoms with Crippen LogP contribution in [0.5, 0.6) is 11.5 Å². The molecule has 1 aliphatic rings. The first-order valence-corrected chi connectivity index (χ1v) is 8.18. The molecule has 138 valence electrons. The highest BCUT2D eigenvalue weighted by Gasteiger charge is 2.26. The average Bonchev–Trinajstić information content (AvgIpc) is 3.03. The first kappa shape index (κ1) is 18.3. The van der Waals surface area contributed by atoms with Gasteiger partial charge >= 0.3 is 11.9 Å². The summed E-state index contributed by atoms with van der Waals surface area (Å²) in [6.07, 6.45) is 1.71. The van der Waals surface area contributed by atoms with Crippen molar-refractivity contribution in [3.63, 3.8) is 0 Å². The molecule has 1 aliphatic heterocycles. The van der Waals surface area contributed by atoms with E-state index in [-0.39, 0.29) is 29.3 Å². The van der Waals surface area contributed by atoms with Crippen molar-refractivity contribution in [1.29, 1.82) is 0 Å². The fourth-order valence-electron chi connectivity index (χ4n) is 2.37. The maximum atomic E-state index is 13.8. The Morgan fingerprint density at radius 3 is 2.70 bits per heavy atom. The number of carbonyl (C=O) groups is 2. The SMILES string of the molecule is CCC(=O)Oc1ccc(/C=C2\N=C(c3ccccc3F)OC2=O)cc1OC. The third-order valence-corrected chi connectivity index (χ3v) is 3.73. The lowest BCUT2D eigenvalue weighted by Gasteiger charge is -2.09. The van der Waals surface area contributed by atoms with Crippen molar-refractivity contribution >= 4 is 23.9 Å². The molecular weight excluding hydrogens is 353 g/mol. The quantitative estimate of drug-likeness (QED) is 0.458. The van der Waals surface area contributed by atoms with Crippen molar-refractivity contribution in [1.82, 2.24) is 0 Å². The fourth-order valence-corrected chi connectivity index (χ4v) is 2.37. The standard InChI is InChI=1S/C20H16FNO5/c1-3-18(23)26-16-9-8-12(11-17(16)25-2)10-15-20(24)27-19(22-15)13-6-4-5-7-14(13)21/h4-11H,3H2,1-2H3/b15-10-. The van der Waals surface area contributed by atoms with Gasteiger partial charge in [0.25, 0.3) is 0 Å². The smallest absolute Gasteiger partial charge is 0.363 e. The Labute approximate surface area is 154 Å². The summed E-state index contributed by atoms with van der Waals surface area (Å²) in [5, 5.41) is 0. The van der Waals surface area contributed by atoms with E-state index in [4.69, 9.17) is 14.2 Å². The third-order valence-electron chi connectivity index (χ3n) is 3.73. The van der Waals surface area contributed by atoms with E-state index in [0.717, 1.165) is 0 Å². The van der Waals surface area contributed by atoms with Crippen LogP contribution < -0.4 is 9.47 Å². The summed E-state index contributed by atoms with van der Waals surface area (Å²) in [4.78, 5) is 27.6.